The molecule has 1 rings (SSSR count). The summed E-state index contributed by atoms with van der Waals surface area (Å²) in [7, 11) is 1.59. The summed E-state index contributed by atoms with van der Waals surface area (Å²) in [5.74, 6) is 0. The highest BCUT2D eigenvalue weighted by molar-refractivity contribution is 5.86. The number of carbonyl (C=O) groups is 1. The van der Waals surface area contributed by atoms with Crippen LogP contribution in [0.1, 0.15) is 20.8 Å². The zero-order valence-electron chi connectivity index (χ0n) is 11.3. The maximum absolute atomic E-state index is 11.5. The van der Waals surface area contributed by atoms with Crippen molar-refractivity contribution in [3.63, 3.8) is 0 Å². The molecule has 0 aliphatic heterocycles. The first-order chi connectivity index (χ1) is 8.73. The Balaban J connectivity index is 2.88. The third-order valence-electron chi connectivity index (χ3n) is 2.11. The quantitative estimate of drug-likeness (QED) is 0.648. The summed E-state index contributed by atoms with van der Waals surface area (Å²) in [6.07, 6.45) is -0.654. The van der Waals surface area contributed by atoms with Crippen LogP contribution in [0.2, 0.25) is 0 Å². The molecule has 7 heteroatoms. The number of nitrogens with one attached hydrogen (secondary N) is 2. The van der Waals surface area contributed by atoms with Crippen LogP contribution >= 0.6 is 0 Å². The Morgan fingerprint density at radius 3 is 2.47 bits per heavy atom. The fraction of sp³-hybridized carbons (Fsp3) is 0.417. The van der Waals surface area contributed by atoms with Crippen molar-refractivity contribution >= 4 is 23.2 Å². The fourth-order valence-electron chi connectivity index (χ4n) is 1.39. The lowest BCUT2D eigenvalue weighted by Crippen LogP contribution is -2.27. The summed E-state index contributed by atoms with van der Waals surface area (Å²) in [6, 6.07) is 4.35. The first-order valence-electron chi connectivity index (χ1n) is 5.69. The third-order valence-corrected chi connectivity index (χ3v) is 2.11. The molecule has 0 aliphatic rings. The Bertz CT molecular complexity index is 494. The largest absolute Gasteiger partial charge is 0.444 e. The van der Waals surface area contributed by atoms with Crippen LogP contribution < -0.4 is 10.6 Å². The molecule has 1 aromatic rings. The molecule has 2 N–H and O–H groups in total. The van der Waals surface area contributed by atoms with Gasteiger partial charge in [-0.2, -0.15) is 0 Å². The summed E-state index contributed by atoms with van der Waals surface area (Å²) in [5, 5.41) is 16.0. The highest BCUT2D eigenvalue weighted by atomic mass is 16.6. The van der Waals surface area contributed by atoms with E-state index in [1.807, 2.05) is 0 Å². The summed E-state index contributed by atoms with van der Waals surface area (Å²) < 4.78 is 5.06. The average Bonchev–Trinajstić information content (AvgIpc) is 2.26. The topological polar surface area (TPSA) is 93.5 Å². The van der Waals surface area contributed by atoms with Crippen molar-refractivity contribution in [3.8, 4) is 0 Å². The van der Waals surface area contributed by atoms with Gasteiger partial charge >= 0.3 is 6.09 Å². The molecule has 0 saturated heterocycles. The van der Waals surface area contributed by atoms with Crippen molar-refractivity contribution in [1.82, 2.24) is 0 Å². The van der Waals surface area contributed by atoms with Gasteiger partial charge in [-0.25, -0.2) is 4.79 Å². The zero-order valence-corrected chi connectivity index (χ0v) is 11.3. The molecular weight excluding hydrogens is 250 g/mol. The summed E-state index contributed by atoms with van der Waals surface area (Å²) in [5.41, 5.74) is -0.0586. The molecule has 0 heterocycles. The van der Waals surface area contributed by atoms with Gasteiger partial charge in [0.25, 0.3) is 5.69 Å². The SMILES string of the molecule is CNc1ccc(NC(=O)OC(C)(C)C)cc1[N+](=O)[O-]. The highest BCUT2D eigenvalue weighted by Gasteiger charge is 2.18. The van der Waals surface area contributed by atoms with E-state index in [1.54, 1.807) is 33.9 Å². The van der Waals surface area contributed by atoms with Crippen LogP contribution in [-0.2, 0) is 4.74 Å². The van der Waals surface area contributed by atoms with Gasteiger partial charge < -0.3 is 10.1 Å². The number of nitrogens with zero attached hydrogens (tertiary/aromatic N) is 1. The van der Waals surface area contributed by atoms with E-state index in [0.29, 0.717) is 11.4 Å². The molecule has 104 valence electrons. The van der Waals surface area contributed by atoms with Crippen molar-refractivity contribution in [2.45, 2.75) is 26.4 Å². The van der Waals surface area contributed by atoms with Gasteiger partial charge in [0, 0.05) is 13.1 Å². The van der Waals surface area contributed by atoms with E-state index in [1.165, 1.54) is 12.1 Å². The van der Waals surface area contributed by atoms with E-state index in [-0.39, 0.29) is 5.69 Å². The minimum atomic E-state index is -0.654. The van der Waals surface area contributed by atoms with E-state index < -0.39 is 16.6 Å². The second-order valence-corrected chi connectivity index (χ2v) is 4.87. The Labute approximate surface area is 111 Å². The molecule has 0 saturated carbocycles. The molecule has 7 nitrogen and oxygen atoms in total. The number of anilines is 2. The molecule has 19 heavy (non-hydrogen) atoms. The van der Waals surface area contributed by atoms with Crippen LogP contribution in [0.25, 0.3) is 0 Å². The molecule has 0 aromatic heterocycles. The molecule has 0 radical (unpaired) electrons. The number of amides is 1. The summed E-state index contributed by atoms with van der Waals surface area (Å²) in [4.78, 5) is 21.9. The second kappa shape index (κ2) is 5.55. The van der Waals surface area contributed by atoms with Crippen LogP contribution in [0.3, 0.4) is 0 Å². The van der Waals surface area contributed by atoms with Gasteiger partial charge in [0.1, 0.15) is 11.3 Å². The normalized spacial score (nSPS) is 10.7. The Kier molecular flexibility index (Phi) is 4.31. The number of carbonyl (C=O) groups excluding carboxylic acids is 1. The molecule has 0 unspecified atom stereocenters. The molecule has 0 bridgehead atoms. The highest BCUT2D eigenvalue weighted by Crippen LogP contribution is 2.27. The van der Waals surface area contributed by atoms with Crippen LogP contribution in [-0.4, -0.2) is 23.7 Å². The maximum atomic E-state index is 11.5. The molecule has 0 aliphatic carbocycles. The number of nitro groups is 1. The molecule has 0 fully saturated rings. The van der Waals surface area contributed by atoms with E-state index in [9.17, 15) is 14.9 Å². The van der Waals surface area contributed by atoms with Gasteiger partial charge in [-0.3, -0.25) is 15.4 Å². The Hall–Kier alpha value is -2.31. The van der Waals surface area contributed by atoms with Crippen molar-refractivity contribution in [2.24, 2.45) is 0 Å². The zero-order chi connectivity index (χ0) is 14.6. The van der Waals surface area contributed by atoms with E-state index in [4.69, 9.17) is 4.74 Å². The molecule has 0 spiro atoms. The molecule has 1 aromatic carbocycles. The minimum Gasteiger partial charge on any atom is -0.444 e. The van der Waals surface area contributed by atoms with Gasteiger partial charge in [0.15, 0.2) is 0 Å². The fourth-order valence-corrected chi connectivity index (χ4v) is 1.39. The lowest BCUT2D eigenvalue weighted by atomic mass is 10.2. The van der Waals surface area contributed by atoms with Gasteiger partial charge in [-0.15, -0.1) is 0 Å². The van der Waals surface area contributed by atoms with Gasteiger partial charge in [-0.05, 0) is 32.9 Å². The van der Waals surface area contributed by atoms with Crippen molar-refractivity contribution in [1.29, 1.82) is 0 Å². The van der Waals surface area contributed by atoms with Crippen LogP contribution in [0, 0.1) is 10.1 Å². The standard InChI is InChI=1S/C12H17N3O4/c1-12(2,3)19-11(16)14-8-5-6-9(13-4)10(7-8)15(17)18/h5-7,13H,1-4H3,(H,14,16). The first-order valence-corrected chi connectivity index (χ1v) is 5.69. The lowest BCUT2D eigenvalue weighted by Gasteiger charge is -2.19. The van der Waals surface area contributed by atoms with Crippen LogP contribution in [0.5, 0.6) is 0 Å². The average molecular weight is 267 g/mol. The second-order valence-electron chi connectivity index (χ2n) is 4.87. The molecule has 0 atom stereocenters. The first kappa shape index (κ1) is 14.7. The van der Waals surface area contributed by atoms with Crippen molar-refractivity contribution in [3.05, 3.63) is 28.3 Å². The van der Waals surface area contributed by atoms with Crippen LogP contribution in [0.4, 0.5) is 21.9 Å². The summed E-state index contributed by atoms with van der Waals surface area (Å²) in [6.45, 7) is 5.21. The monoisotopic (exact) mass is 267 g/mol. The predicted molar refractivity (Wildman–Crippen MR) is 72.5 cm³/mol. The number of rotatable bonds is 3. The van der Waals surface area contributed by atoms with Crippen molar-refractivity contribution in [2.75, 3.05) is 17.7 Å². The van der Waals surface area contributed by atoms with Gasteiger partial charge in [-0.1, -0.05) is 0 Å². The summed E-state index contributed by atoms with van der Waals surface area (Å²) >= 11 is 0. The number of benzene rings is 1. The number of ether oxygens (including phenoxy) is 1. The van der Waals surface area contributed by atoms with E-state index >= 15 is 0 Å². The molecule has 1 amide bonds. The Morgan fingerprint density at radius 1 is 1.37 bits per heavy atom. The van der Waals surface area contributed by atoms with Gasteiger partial charge in [0.2, 0.25) is 0 Å². The number of hydrogen-bond donors (Lipinski definition) is 2. The van der Waals surface area contributed by atoms with Crippen LogP contribution in [0.15, 0.2) is 18.2 Å². The Morgan fingerprint density at radius 2 is 2.00 bits per heavy atom. The minimum absolute atomic E-state index is 0.115. The molecular formula is C12H17N3O4. The number of nitro benzene ring substituents is 1. The third kappa shape index (κ3) is 4.46. The lowest BCUT2D eigenvalue weighted by molar-refractivity contribution is -0.383. The maximum Gasteiger partial charge on any atom is 0.412 e. The van der Waals surface area contributed by atoms with E-state index in [0.717, 1.165) is 0 Å². The van der Waals surface area contributed by atoms with E-state index in [2.05, 4.69) is 10.6 Å². The van der Waals surface area contributed by atoms with Crippen molar-refractivity contribution < 1.29 is 14.5 Å². The smallest absolute Gasteiger partial charge is 0.412 e. The number of hydrogen-bond acceptors (Lipinski definition) is 5. The van der Waals surface area contributed by atoms with Gasteiger partial charge in [0.05, 0.1) is 10.6 Å². The predicted octanol–water partition coefficient (Wildman–Crippen LogP) is 2.98.